The van der Waals surface area contributed by atoms with Crippen LogP contribution < -0.4 is 15.8 Å². The van der Waals surface area contributed by atoms with E-state index >= 15 is 0 Å². The van der Waals surface area contributed by atoms with Crippen LogP contribution in [0.25, 0.3) is 0 Å². The second-order valence-electron chi connectivity index (χ2n) is 5.98. The molecule has 1 aliphatic rings. The van der Waals surface area contributed by atoms with Crippen molar-refractivity contribution in [2.75, 3.05) is 11.9 Å². The third-order valence-electron chi connectivity index (χ3n) is 3.87. The minimum atomic E-state index is -3.42. The number of sulfonamides is 1. The van der Waals surface area contributed by atoms with Gasteiger partial charge >= 0.3 is 0 Å². The first-order valence-electron chi connectivity index (χ1n) is 7.51. The summed E-state index contributed by atoms with van der Waals surface area (Å²) >= 11 is 0. The molecule has 118 valence electrons. The summed E-state index contributed by atoms with van der Waals surface area (Å²) in [6.45, 7) is 4.31. The molecule has 0 aromatic heterocycles. The van der Waals surface area contributed by atoms with Crippen LogP contribution in [0.15, 0.2) is 29.2 Å². The minimum Gasteiger partial charge on any atom is -0.382 e. The third-order valence-corrected chi connectivity index (χ3v) is 5.54. The standard InChI is InChI=1S/C15H25N3O2S/c1-11(2)18-21(19,20)14-8-6-13(7-9-14)17-15-5-3-4-12(15)10-16/h6-9,11-12,15,17-18H,3-5,10,16H2,1-2H3. The van der Waals surface area contributed by atoms with Crippen LogP contribution in [0.2, 0.25) is 0 Å². The van der Waals surface area contributed by atoms with Gasteiger partial charge in [-0.15, -0.1) is 0 Å². The molecule has 2 atom stereocenters. The fourth-order valence-corrected chi connectivity index (χ4v) is 4.08. The van der Waals surface area contributed by atoms with E-state index in [1.807, 2.05) is 12.1 Å². The lowest BCUT2D eigenvalue weighted by Gasteiger charge is -2.21. The monoisotopic (exact) mass is 311 g/mol. The molecule has 4 N–H and O–H groups in total. The lowest BCUT2D eigenvalue weighted by Crippen LogP contribution is -2.30. The van der Waals surface area contributed by atoms with Crippen molar-refractivity contribution < 1.29 is 8.42 Å². The quantitative estimate of drug-likeness (QED) is 0.749. The van der Waals surface area contributed by atoms with Crippen LogP contribution in [0.4, 0.5) is 5.69 Å². The number of benzene rings is 1. The predicted octanol–water partition coefficient (Wildman–Crippen LogP) is 1.91. The summed E-state index contributed by atoms with van der Waals surface area (Å²) < 4.78 is 26.7. The van der Waals surface area contributed by atoms with Gasteiger partial charge in [0.1, 0.15) is 0 Å². The molecule has 0 heterocycles. The molecule has 21 heavy (non-hydrogen) atoms. The van der Waals surface area contributed by atoms with E-state index in [1.165, 1.54) is 12.8 Å². The Bertz CT molecular complexity index is 555. The summed E-state index contributed by atoms with van der Waals surface area (Å²) in [6.07, 6.45) is 3.49. The normalized spacial score (nSPS) is 22.7. The number of hydrogen-bond donors (Lipinski definition) is 3. The van der Waals surface area contributed by atoms with E-state index < -0.39 is 10.0 Å². The van der Waals surface area contributed by atoms with Gasteiger partial charge in [0, 0.05) is 17.8 Å². The molecule has 1 aliphatic carbocycles. The molecule has 0 saturated heterocycles. The maximum absolute atomic E-state index is 12.0. The van der Waals surface area contributed by atoms with Gasteiger partial charge in [0.25, 0.3) is 0 Å². The Morgan fingerprint density at radius 1 is 1.24 bits per heavy atom. The van der Waals surface area contributed by atoms with Crippen molar-refractivity contribution in [1.29, 1.82) is 0 Å². The smallest absolute Gasteiger partial charge is 0.240 e. The molecule has 0 bridgehead atoms. The second kappa shape index (κ2) is 6.77. The van der Waals surface area contributed by atoms with Gasteiger partial charge < -0.3 is 11.1 Å². The number of nitrogens with one attached hydrogen (secondary N) is 2. The van der Waals surface area contributed by atoms with Crippen molar-refractivity contribution >= 4 is 15.7 Å². The lowest BCUT2D eigenvalue weighted by atomic mass is 10.0. The van der Waals surface area contributed by atoms with Crippen LogP contribution in [0.1, 0.15) is 33.1 Å². The Morgan fingerprint density at radius 2 is 1.90 bits per heavy atom. The Morgan fingerprint density at radius 3 is 2.48 bits per heavy atom. The number of anilines is 1. The maximum atomic E-state index is 12.0. The van der Waals surface area contributed by atoms with Crippen molar-refractivity contribution in [1.82, 2.24) is 4.72 Å². The molecule has 0 radical (unpaired) electrons. The highest BCUT2D eigenvalue weighted by atomic mass is 32.2. The Kier molecular flexibility index (Phi) is 5.24. The van der Waals surface area contributed by atoms with Crippen molar-refractivity contribution in [2.24, 2.45) is 11.7 Å². The molecule has 1 aromatic rings. The molecule has 1 aromatic carbocycles. The summed E-state index contributed by atoms with van der Waals surface area (Å²) in [6, 6.07) is 7.20. The van der Waals surface area contributed by atoms with Gasteiger partial charge in [-0.05, 0) is 63.4 Å². The van der Waals surface area contributed by atoms with Crippen molar-refractivity contribution in [3.05, 3.63) is 24.3 Å². The summed E-state index contributed by atoms with van der Waals surface area (Å²) in [4.78, 5) is 0.295. The lowest BCUT2D eigenvalue weighted by molar-refractivity contribution is 0.516. The van der Waals surface area contributed by atoms with Crippen molar-refractivity contribution in [2.45, 2.75) is 50.1 Å². The highest BCUT2D eigenvalue weighted by molar-refractivity contribution is 7.89. The van der Waals surface area contributed by atoms with Gasteiger partial charge in [0.2, 0.25) is 10.0 Å². The summed E-state index contributed by atoms with van der Waals surface area (Å²) in [5.41, 5.74) is 6.73. The first kappa shape index (κ1) is 16.3. The second-order valence-corrected chi connectivity index (χ2v) is 7.69. The molecule has 5 nitrogen and oxygen atoms in total. The fourth-order valence-electron chi connectivity index (χ4n) is 2.83. The van der Waals surface area contributed by atoms with Crippen LogP contribution in [0, 0.1) is 5.92 Å². The zero-order chi connectivity index (χ0) is 15.5. The van der Waals surface area contributed by atoms with Gasteiger partial charge in [0.05, 0.1) is 4.90 Å². The Hall–Kier alpha value is -1.11. The average molecular weight is 311 g/mol. The topological polar surface area (TPSA) is 84.2 Å². The number of nitrogens with two attached hydrogens (primary N) is 1. The zero-order valence-electron chi connectivity index (χ0n) is 12.7. The fraction of sp³-hybridized carbons (Fsp3) is 0.600. The highest BCUT2D eigenvalue weighted by Gasteiger charge is 2.25. The Balaban J connectivity index is 2.05. The highest BCUT2D eigenvalue weighted by Crippen LogP contribution is 2.28. The largest absolute Gasteiger partial charge is 0.382 e. The molecule has 1 fully saturated rings. The van der Waals surface area contributed by atoms with E-state index in [0.29, 0.717) is 23.4 Å². The minimum absolute atomic E-state index is 0.114. The molecule has 6 heteroatoms. The molecule has 0 spiro atoms. The molecule has 2 rings (SSSR count). The van der Waals surface area contributed by atoms with E-state index in [9.17, 15) is 8.42 Å². The van der Waals surface area contributed by atoms with Crippen LogP contribution in [-0.2, 0) is 10.0 Å². The first-order chi connectivity index (χ1) is 9.92. The van der Waals surface area contributed by atoms with Gasteiger partial charge in [-0.25, -0.2) is 13.1 Å². The first-order valence-corrected chi connectivity index (χ1v) is 8.99. The summed E-state index contributed by atoms with van der Waals surface area (Å²) in [5, 5.41) is 3.47. The van der Waals surface area contributed by atoms with Crippen LogP contribution in [0.3, 0.4) is 0 Å². The maximum Gasteiger partial charge on any atom is 0.240 e. The zero-order valence-corrected chi connectivity index (χ0v) is 13.5. The van der Waals surface area contributed by atoms with Gasteiger partial charge in [0.15, 0.2) is 0 Å². The van der Waals surface area contributed by atoms with E-state index in [1.54, 1.807) is 26.0 Å². The van der Waals surface area contributed by atoms with E-state index in [-0.39, 0.29) is 6.04 Å². The number of rotatable bonds is 6. The average Bonchev–Trinajstić information content (AvgIpc) is 2.85. The Labute approximate surface area is 127 Å². The molecule has 0 amide bonds. The van der Waals surface area contributed by atoms with Gasteiger partial charge in [-0.2, -0.15) is 0 Å². The summed E-state index contributed by atoms with van der Waals surface area (Å²) in [7, 11) is -3.42. The van der Waals surface area contributed by atoms with Gasteiger partial charge in [-0.1, -0.05) is 6.42 Å². The van der Waals surface area contributed by atoms with E-state index in [4.69, 9.17) is 5.73 Å². The SMILES string of the molecule is CC(C)NS(=O)(=O)c1ccc(NC2CCCC2CN)cc1. The number of hydrogen-bond acceptors (Lipinski definition) is 4. The van der Waals surface area contributed by atoms with Crippen LogP contribution in [0.5, 0.6) is 0 Å². The van der Waals surface area contributed by atoms with Crippen LogP contribution in [-0.4, -0.2) is 27.0 Å². The third kappa shape index (κ3) is 4.18. The molecule has 1 saturated carbocycles. The molecule has 2 unspecified atom stereocenters. The van der Waals surface area contributed by atoms with Crippen molar-refractivity contribution in [3.63, 3.8) is 0 Å². The van der Waals surface area contributed by atoms with E-state index in [0.717, 1.165) is 12.1 Å². The van der Waals surface area contributed by atoms with Gasteiger partial charge in [-0.3, -0.25) is 0 Å². The summed E-state index contributed by atoms with van der Waals surface area (Å²) in [5.74, 6) is 0.510. The molecular formula is C15H25N3O2S. The molecule has 0 aliphatic heterocycles. The van der Waals surface area contributed by atoms with Crippen LogP contribution >= 0.6 is 0 Å². The van der Waals surface area contributed by atoms with Crippen molar-refractivity contribution in [3.8, 4) is 0 Å². The molecular weight excluding hydrogens is 286 g/mol. The predicted molar refractivity (Wildman–Crippen MR) is 85.7 cm³/mol. The van der Waals surface area contributed by atoms with E-state index in [2.05, 4.69) is 10.0 Å².